The first-order valence-corrected chi connectivity index (χ1v) is 7.40. The fraction of sp³-hybridized carbons (Fsp3) is 0.273. The molecule has 1 heterocycles. The molecule has 1 aromatic heterocycles. The van der Waals surface area contributed by atoms with Gasteiger partial charge in [-0.25, -0.2) is 8.42 Å². The summed E-state index contributed by atoms with van der Waals surface area (Å²) in [5, 5.41) is 0.823. The van der Waals surface area contributed by atoms with Crippen LogP contribution in [0.4, 0.5) is 0 Å². The zero-order chi connectivity index (χ0) is 11.8. The second kappa shape index (κ2) is 4.11. The van der Waals surface area contributed by atoms with Gasteiger partial charge in [0.25, 0.3) is 0 Å². The van der Waals surface area contributed by atoms with Gasteiger partial charge in [0.1, 0.15) is 11.3 Å². The van der Waals surface area contributed by atoms with Crippen LogP contribution >= 0.6 is 10.7 Å². The number of furan rings is 1. The molecule has 1 aromatic carbocycles. The third-order valence-corrected chi connectivity index (χ3v) is 3.38. The Hall–Kier alpha value is -1.00. The summed E-state index contributed by atoms with van der Waals surface area (Å²) >= 11 is 0. The molecule has 0 aliphatic heterocycles. The molecule has 0 radical (unpaired) electrons. The van der Waals surface area contributed by atoms with E-state index >= 15 is 0 Å². The van der Waals surface area contributed by atoms with Gasteiger partial charge in [0.15, 0.2) is 0 Å². The van der Waals surface area contributed by atoms with Crippen molar-refractivity contribution in [2.75, 3.05) is 0 Å². The first kappa shape index (κ1) is 11.5. The van der Waals surface area contributed by atoms with Gasteiger partial charge in [-0.1, -0.05) is 25.1 Å². The predicted octanol–water partition coefficient (Wildman–Crippen LogP) is 3.06. The Morgan fingerprint density at radius 3 is 2.62 bits per heavy atom. The number of fused-ring (bicyclic) bond motifs is 1. The molecule has 0 fully saturated rings. The van der Waals surface area contributed by atoms with Crippen LogP contribution in [0.1, 0.15) is 18.2 Å². The molecule has 0 bridgehead atoms. The van der Waals surface area contributed by atoms with E-state index in [4.69, 9.17) is 15.1 Å². The van der Waals surface area contributed by atoms with Gasteiger partial charge in [-0.2, -0.15) is 0 Å². The van der Waals surface area contributed by atoms with Crippen LogP contribution in [0.5, 0.6) is 0 Å². The molecule has 0 amide bonds. The smallest absolute Gasteiger partial charge is 0.236 e. The minimum atomic E-state index is -3.56. The highest BCUT2D eigenvalue weighted by Crippen LogP contribution is 2.28. The van der Waals surface area contributed by atoms with Crippen molar-refractivity contribution in [2.45, 2.75) is 19.1 Å². The number of hydrogen-bond acceptors (Lipinski definition) is 3. The van der Waals surface area contributed by atoms with Crippen molar-refractivity contribution in [3.63, 3.8) is 0 Å². The van der Waals surface area contributed by atoms with Crippen molar-refractivity contribution in [3.8, 4) is 0 Å². The lowest BCUT2D eigenvalue weighted by molar-refractivity contribution is 0.551. The van der Waals surface area contributed by atoms with E-state index in [1.54, 1.807) is 0 Å². The maximum atomic E-state index is 11.1. The van der Waals surface area contributed by atoms with Gasteiger partial charge < -0.3 is 4.42 Å². The van der Waals surface area contributed by atoms with E-state index < -0.39 is 9.05 Å². The number of rotatable bonds is 3. The van der Waals surface area contributed by atoms with Crippen LogP contribution < -0.4 is 0 Å². The topological polar surface area (TPSA) is 47.3 Å². The molecule has 0 unspecified atom stereocenters. The normalized spacial score (nSPS) is 12.1. The van der Waals surface area contributed by atoms with Crippen molar-refractivity contribution < 1.29 is 12.8 Å². The fourth-order valence-electron chi connectivity index (χ4n) is 1.77. The summed E-state index contributed by atoms with van der Waals surface area (Å²) in [6.45, 7) is 1.92. The van der Waals surface area contributed by atoms with Crippen LogP contribution in [0.25, 0.3) is 11.0 Å². The summed E-state index contributed by atoms with van der Waals surface area (Å²) in [4.78, 5) is 0. The lowest BCUT2D eigenvalue weighted by atomic mass is 10.1. The highest BCUT2D eigenvalue weighted by molar-refractivity contribution is 8.13. The molecule has 0 N–H and O–H groups in total. The summed E-state index contributed by atoms with van der Waals surface area (Å²) in [5.41, 5.74) is 1.38. The lowest BCUT2D eigenvalue weighted by Crippen LogP contribution is -1.97. The zero-order valence-corrected chi connectivity index (χ0v) is 10.3. The molecule has 0 saturated heterocycles. The van der Waals surface area contributed by atoms with E-state index in [1.165, 1.54) is 0 Å². The van der Waals surface area contributed by atoms with Crippen molar-refractivity contribution in [3.05, 3.63) is 35.6 Å². The second-order valence-corrected chi connectivity index (χ2v) is 6.31. The van der Waals surface area contributed by atoms with E-state index in [2.05, 4.69) is 0 Å². The third kappa shape index (κ3) is 2.23. The van der Waals surface area contributed by atoms with Gasteiger partial charge in [0.2, 0.25) is 9.05 Å². The summed E-state index contributed by atoms with van der Waals surface area (Å²) in [7, 11) is 1.73. The Morgan fingerprint density at radius 2 is 2.00 bits per heavy atom. The Kier molecular flexibility index (Phi) is 2.95. The third-order valence-electron chi connectivity index (χ3n) is 2.42. The number of benzene rings is 1. The molecule has 3 nitrogen and oxygen atoms in total. The van der Waals surface area contributed by atoms with Gasteiger partial charge in [0, 0.05) is 28.1 Å². The van der Waals surface area contributed by atoms with Crippen molar-refractivity contribution in [1.82, 2.24) is 0 Å². The SMILES string of the molecule is CCc1oc2ccccc2c1CS(=O)(=O)Cl. The molecule has 2 rings (SSSR count). The van der Waals surface area contributed by atoms with Gasteiger partial charge in [-0.15, -0.1) is 0 Å². The highest BCUT2D eigenvalue weighted by atomic mass is 35.7. The van der Waals surface area contributed by atoms with Crippen molar-refractivity contribution in [2.24, 2.45) is 0 Å². The van der Waals surface area contributed by atoms with Crippen LogP contribution in [-0.4, -0.2) is 8.42 Å². The molecular formula is C11H11ClO3S. The predicted molar refractivity (Wildman–Crippen MR) is 64.1 cm³/mol. The number of halogens is 1. The van der Waals surface area contributed by atoms with Gasteiger partial charge in [-0.05, 0) is 6.07 Å². The Labute approximate surface area is 98.4 Å². The minimum absolute atomic E-state index is 0.186. The molecule has 5 heteroatoms. The second-order valence-electron chi connectivity index (χ2n) is 3.54. The molecule has 0 aliphatic rings. The van der Waals surface area contributed by atoms with Gasteiger partial charge >= 0.3 is 0 Å². The number of para-hydroxylation sites is 1. The molecule has 86 valence electrons. The van der Waals surface area contributed by atoms with E-state index in [0.29, 0.717) is 23.3 Å². The molecule has 0 atom stereocenters. The van der Waals surface area contributed by atoms with E-state index in [9.17, 15) is 8.42 Å². The summed E-state index contributed by atoms with van der Waals surface area (Å²) in [6, 6.07) is 7.36. The number of hydrogen-bond donors (Lipinski definition) is 0. The molecule has 16 heavy (non-hydrogen) atoms. The van der Waals surface area contributed by atoms with Crippen molar-refractivity contribution >= 4 is 30.7 Å². The van der Waals surface area contributed by atoms with Crippen LogP contribution in [0.3, 0.4) is 0 Å². The summed E-state index contributed by atoms with van der Waals surface area (Å²) < 4.78 is 27.8. The fourth-order valence-corrected chi connectivity index (χ4v) is 2.75. The lowest BCUT2D eigenvalue weighted by Gasteiger charge is -1.97. The zero-order valence-electron chi connectivity index (χ0n) is 8.73. The first-order chi connectivity index (χ1) is 7.51. The van der Waals surface area contributed by atoms with Crippen LogP contribution in [0.15, 0.2) is 28.7 Å². The maximum Gasteiger partial charge on any atom is 0.236 e. The summed E-state index contributed by atoms with van der Waals surface area (Å²) in [5.74, 6) is 0.500. The Morgan fingerprint density at radius 1 is 1.31 bits per heavy atom. The summed E-state index contributed by atoms with van der Waals surface area (Å²) in [6.07, 6.45) is 0.649. The average molecular weight is 259 g/mol. The van der Waals surface area contributed by atoms with Crippen LogP contribution in [0, 0.1) is 0 Å². The van der Waals surface area contributed by atoms with Gasteiger partial charge in [-0.3, -0.25) is 0 Å². The maximum absolute atomic E-state index is 11.1. The van der Waals surface area contributed by atoms with Gasteiger partial charge in [0.05, 0.1) is 5.75 Å². The largest absolute Gasteiger partial charge is 0.461 e. The Balaban J connectivity index is 2.65. The number of aryl methyl sites for hydroxylation is 1. The van der Waals surface area contributed by atoms with Crippen LogP contribution in [-0.2, 0) is 21.2 Å². The first-order valence-electron chi connectivity index (χ1n) is 4.93. The average Bonchev–Trinajstić information content (AvgIpc) is 2.55. The highest BCUT2D eigenvalue weighted by Gasteiger charge is 2.17. The van der Waals surface area contributed by atoms with E-state index in [-0.39, 0.29) is 5.75 Å². The molecule has 0 aliphatic carbocycles. The Bertz CT molecular complexity index is 613. The molecule has 0 saturated carbocycles. The quantitative estimate of drug-likeness (QED) is 0.795. The molecule has 0 spiro atoms. The molecule has 2 aromatic rings. The monoisotopic (exact) mass is 258 g/mol. The standard InChI is InChI=1S/C11H11ClO3S/c1-2-10-9(7-16(12,13)14)8-5-3-4-6-11(8)15-10/h3-6H,2,7H2,1H3. The van der Waals surface area contributed by atoms with E-state index in [0.717, 1.165) is 5.39 Å². The van der Waals surface area contributed by atoms with E-state index in [1.807, 2.05) is 31.2 Å². The minimum Gasteiger partial charge on any atom is -0.461 e. The van der Waals surface area contributed by atoms with Crippen LogP contribution in [0.2, 0.25) is 0 Å². The van der Waals surface area contributed by atoms with Crippen molar-refractivity contribution in [1.29, 1.82) is 0 Å². The molecular weight excluding hydrogens is 248 g/mol.